The normalized spacial score (nSPS) is 35.4. The Labute approximate surface area is 153 Å². The Balaban J connectivity index is 1.29. The molecular weight excluding hydrogens is 340 g/mol. The minimum absolute atomic E-state index is 0.0649. The Morgan fingerprint density at radius 2 is 1.72 bits per heavy atom. The summed E-state index contributed by atoms with van der Waals surface area (Å²) in [5.74, 6) is 2.66. The lowest BCUT2D eigenvalue weighted by Crippen LogP contribution is -2.56. The van der Waals surface area contributed by atoms with Crippen molar-refractivity contribution < 1.29 is 19.0 Å². The molecule has 4 saturated carbocycles. The van der Waals surface area contributed by atoms with E-state index in [0.29, 0.717) is 18.4 Å². The maximum absolute atomic E-state index is 12.8. The molecule has 2 unspecified atom stereocenters. The zero-order chi connectivity index (χ0) is 17.5. The number of hydrogen-bond donors (Lipinski definition) is 0. The van der Waals surface area contributed by atoms with Crippen LogP contribution in [0.3, 0.4) is 0 Å². The van der Waals surface area contributed by atoms with Crippen molar-refractivity contribution in [3.63, 3.8) is 0 Å². The number of hydrogen-bond acceptors (Lipinski definition) is 4. The van der Waals surface area contributed by atoms with E-state index in [1.54, 1.807) is 7.11 Å². The lowest BCUT2D eigenvalue weighted by molar-refractivity contribution is -0.170. The van der Waals surface area contributed by atoms with Gasteiger partial charge in [0.15, 0.2) is 0 Å². The summed E-state index contributed by atoms with van der Waals surface area (Å²) in [6, 6.07) is 7.38. The van der Waals surface area contributed by atoms with Gasteiger partial charge in [0.1, 0.15) is 24.7 Å². The average molecular weight is 365 g/mol. The first-order valence-electron chi connectivity index (χ1n) is 9.13. The maximum Gasteiger partial charge on any atom is 0.312 e. The van der Waals surface area contributed by atoms with Crippen molar-refractivity contribution in [1.82, 2.24) is 0 Å². The minimum Gasteiger partial charge on any atom is -0.497 e. The topological polar surface area (TPSA) is 44.8 Å². The van der Waals surface area contributed by atoms with E-state index in [9.17, 15) is 4.79 Å². The van der Waals surface area contributed by atoms with Crippen LogP contribution in [0.4, 0.5) is 0 Å². The molecule has 0 saturated heterocycles. The van der Waals surface area contributed by atoms with Crippen LogP contribution < -0.4 is 9.47 Å². The molecule has 2 atom stereocenters. The summed E-state index contributed by atoms with van der Waals surface area (Å²) in [6.07, 6.45) is 6.07. The number of halogens is 1. The number of esters is 1. The third kappa shape index (κ3) is 3.33. The van der Waals surface area contributed by atoms with E-state index in [4.69, 9.17) is 25.8 Å². The predicted molar refractivity (Wildman–Crippen MR) is 95.1 cm³/mol. The van der Waals surface area contributed by atoms with Crippen LogP contribution in [-0.4, -0.2) is 31.2 Å². The molecule has 0 spiro atoms. The van der Waals surface area contributed by atoms with Gasteiger partial charge >= 0.3 is 5.97 Å². The van der Waals surface area contributed by atoms with Crippen LogP contribution in [0.5, 0.6) is 11.5 Å². The van der Waals surface area contributed by atoms with Gasteiger partial charge in [-0.05, 0) is 74.6 Å². The fourth-order valence-corrected chi connectivity index (χ4v) is 6.20. The largest absolute Gasteiger partial charge is 0.497 e. The van der Waals surface area contributed by atoms with Crippen molar-refractivity contribution in [3.05, 3.63) is 24.3 Å². The Hall–Kier alpha value is -1.42. The van der Waals surface area contributed by atoms with Crippen molar-refractivity contribution >= 4 is 17.6 Å². The number of benzene rings is 1. The third-order valence-corrected chi connectivity index (χ3v) is 6.51. The van der Waals surface area contributed by atoms with Gasteiger partial charge in [-0.1, -0.05) is 0 Å². The zero-order valence-electron chi connectivity index (χ0n) is 14.6. The fourth-order valence-electron chi connectivity index (χ4n) is 5.51. The van der Waals surface area contributed by atoms with E-state index in [1.165, 1.54) is 6.42 Å². The average Bonchev–Trinajstić information content (AvgIpc) is 2.57. The molecule has 4 bridgehead atoms. The zero-order valence-corrected chi connectivity index (χ0v) is 15.4. The number of alkyl halides is 1. The monoisotopic (exact) mass is 364 g/mol. The number of methoxy groups -OCH3 is 1. The van der Waals surface area contributed by atoms with Gasteiger partial charge < -0.3 is 14.2 Å². The first-order valence-corrected chi connectivity index (χ1v) is 9.51. The highest BCUT2D eigenvalue weighted by Gasteiger charge is 2.60. The molecule has 136 valence electrons. The summed E-state index contributed by atoms with van der Waals surface area (Å²) in [4.78, 5) is 12.6. The molecule has 1 aromatic carbocycles. The number of rotatable bonds is 6. The minimum atomic E-state index is -0.341. The quantitative estimate of drug-likeness (QED) is 0.431. The van der Waals surface area contributed by atoms with Crippen molar-refractivity contribution in [2.45, 2.75) is 43.4 Å². The highest BCUT2D eigenvalue weighted by Crippen LogP contribution is 2.64. The number of carbonyl (C=O) groups excluding carboxylic acids is 1. The van der Waals surface area contributed by atoms with Crippen LogP contribution in [0.25, 0.3) is 0 Å². The van der Waals surface area contributed by atoms with E-state index in [2.05, 4.69) is 0 Å². The molecular formula is C20H25ClO4. The van der Waals surface area contributed by atoms with Crippen molar-refractivity contribution in [1.29, 1.82) is 0 Å². The van der Waals surface area contributed by atoms with Crippen molar-refractivity contribution in [2.24, 2.45) is 17.3 Å². The molecule has 0 amide bonds. The highest BCUT2D eigenvalue weighted by atomic mass is 35.5. The third-order valence-electron chi connectivity index (χ3n) is 6.07. The van der Waals surface area contributed by atoms with E-state index in [0.717, 1.165) is 43.6 Å². The molecule has 0 heterocycles. The van der Waals surface area contributed by atoms with Crippen molar-refractivity contribution in [3.8, 4) is 11.5 Å². The standard InChI is InChI=1S/C20H25ClO4/c1-23-16-2-4-17(5-3-16)24-6-7-25-18(22)19-9-14-8-15(10-19)12-20(21,11-14)13-19/h2-5,14-15H,6-13H2,1H3. The van der Waals surface area contributed by atoms with Gasteiger partial charge in [-0.2, -0.15) is 0 Å². The Morgan fingerprint density at radius 1 is 1.08 bits per heavy atom. The Kier molecular flexibility index (Phi) is 4.35. The molecule has 0 aliphatic heterocycles. The summed E-state index contributed by atoms with van der Waals surface area (Å²) < 4.78 is 16.3. The molecule has 4 aliphatic rings. The van der Waals surface area contributed by atoms with Crippen LogP contribution >= 0.6 is 11.6 Å². The second kappa shape index (κ2) is 6.39. The van der Waals surface area contributed by atoms with E-state index < -0.39 is 0 Å². The second-order valence-electron chi connectivity index (χ2n) is 8.05. The van der Waals surface area contributed by atoms with E-state index >= 15 is 0 Å². The smallest absolute Gasteiger partial charge is 0.312 e. The second-order valence-corrected chi connectivity index (χ2v) is 8.85. The SMILES string of the molecule is COc1ccc(OCCOC(=O)C23CC4CC(CC(Cl)(C4)C2)C3)cc1. The predicted octanol–water partition coefficient (Wildman–Crippen LogP) is 4.20. The molecule has 0 aromatic heterocycles. The van der Waals surface area contributed by atoms with Crippen LogP contribution in [0, 0.1) is 17.3 Å². The highest BCUT2D eigenvalue weighted by molar-refractivity contribution is 6.24. The van der Waals surface area contributed by atoms with E-state index in [1.807, 2.05) is 24.3 Å². The fraction of sp³-hybridized carbons (Fsp3) is 0.650. The molecule has 4 nitrogen and oxygen atoms in total. The summed E-state index contributed by atoms with van der Waals surface area (Å²) in [5.41, 5.74) is -0.341. The van der Waals surface area contributed by atoms with Gasteiger partial charge in [-0.15, -0.1) is 11.6 Å². The van der Waals surface area contributed by atoms with Gasteiger partial charge in [-0.3, -0.25) is 4.79 Å². The van der Waals surface area contributed by atoms with Gasteiger partial charge in [0.25, 0.3) is 0 Å². The summed E-state index contributed by atoms with van der Waals surface area (Å²) in [5, 5.41) is 0. The Morgan fingerprint density at radius 3 is 2.32 bits per heavy atom. The summed E-state index contributed by atoms with van der Waals surface area (Å²) in [7, 11) is 1.63. The first-order chi connectivity index (χ1) is 12.0. The van der Waals surface area contributed by atoms with Crippen LogP contribution in [0.1, 0.15) is 38.5 Å². The van der Waals surface area contributed by atoms with Crippen LogP contribution in [-0.2, 0) is 9.53 Å². The summed E-state index contributed by atoms with van der Waals surface area (Å²) >= 11 is 6.79. The molecule has 5 rings (SSSR count). The molecule has 4 aliphatic carbocycles. The molecule has 4 fully saturated rings. The lowest BCUT2D eigenvalue weighted by atomic mass is 9.49. The molecule has 5 heteroatoms. The molecule has 0 N–H and O–H groups in total. The lowest BCUT2D eigenvalue weighted by Gasteiger charge is -2.58. The molecule has 0 radical (unpaired) electrons. The maximum atomic E-state index is 12.8. The first kappa shape index (κ1) is 17.0. The summed E-state index contributed by atoms with van der Waals surface area (Å²) in [6.45, 7) is 0.629. The van der Waals surface area contributed by atoms with Crippen LogP contribution in [0.2, 0.25) is 0 Å². The number of carbonyl (C=O) groups is 1. The van der Waals surface area contributed by atoms with Gasteiger partial charge in [0.2, 0.25) is 0 Å². The molecule has 25 heavy (non-hydrogen) atoms. The van der Waals surface area contributed by atoms with Crippen LogP contribution in [0.15, 0.2) is 24.3 Å². The number of ether oxygens (including phenoxy) is 3. The van der Waals surface area contributed by atoms with Crippen molar-refractivity contribution in [2.75, 3.05) is 20.3 Å². The van der Waals surface area contributed by atoms with Gasteiger partial charge in [0.05, 0.1) is 12.5 Å². The van der Waals surface area contributed by atoms with E-state index in [-0.39, 0.29) is 22.9 Å². The Bertz CT molecular complexity index is 628. The van der Waals surface area contributed by atoms with Gasteiger partial charge in [-0.25, -0.2) is 0 Å². The molecule has 1 aromatic rings. The van der Waals surface area contributed by atoms with Gasteiger partial charge in [0, 0.05) is 4.87 Å².